The summed E-state index contributed by atoms with van der Waals surface area (Å²) >= 11 is 0. The molecule has 0 aromatic carbocycles. The van der Waals surface area contributed by atoms with E-state index >= 15 is 0 Å². The molecule has 17 nitrogen and oxygen atoms in total. The van der Waals surface area contributed by atoms with Gasteiger partial charge in [0.15, 0.2) is 12.2 Å². The molecule has 19 heteroatoms. The summed E-state index contributed by atoms with van der Waals surface area (Å²) < 4.78 is 68.6. The first-order valence-corrected chi connectivity index (χ1v) is 42.6. The number of carbonyl (C=O) groups is 4. The van der Waals surface area contributed by atoms with Gasteiger partial charge in [-0.3, -0.25) is 37.3 Å². The zero-order valence-corrected chi connectivity index (χ0v) is 63.6. The number of rotatable bonds is 76. The van der Waals surface area contributed by atoms with Crippen molar-refractivity contribution in [2.45, 2.75) is 419 Å². The van der Waals surface area contributed by atoms with Crippen molar-refractivity contribution >= 4 is 39.5 Å². The Labute approximate surface area is 581 Å². The van der Waals surface area contributed by atoms with Gasteiger partial charge < -0.3 is 33.8 Å². The van der Waals surface area contributed by atoms with Gasteiger partial charge in [-0.2, -0.15) is 0 Å². The van der Waals surface area contributed by atoms with E-state index in [1.165, 1.54) is 225 Å². The van der Waals surface area contributed by atoms with Crippen molar-refractivity contribution in [3.05, 3.63) is 0 Å². The van der Waals surface area contributed by atoms with Crippen molar-refractivity contribution in [3.8, 4) is 0 Å². The van der Waals surface area contributed by atoms with Crippen LogP contribution in [0.25, 0.3) is 0 Å². The zero-order valence-electron chi connectivity index (χ0n) is 61.8. The summed E-state index contributed by atoms with van der Waals surface area (Å²) in [6, 6.07) is 0. The quantitative estimate of drug-likeness (QED) is 0.0222. The number of esters is 4. The second-order valence-corrected chi connectivity index (χ2v) is 30.8. The summed E-state index contributed by atoms with van der Waals surface area (Å²) in [7, 11) is -9.91. The molecule has 0 saturated carbocycles. The van der Waals surface area contributed by atoms with Crippen molar-refractivity contribution in [1.29, 1.82) is 0 Å². The van der Waals surface area contributed by atoms with Crippen LogP contribution in [0.15, 0.2) is 0 Å². The lowest BCUT2D eigenvalue weighted by Crippen LogP contribution is -2.30. The van der Waals surface area contributed by atoms with Crippen molar-refractivity contribution < 1.29 is 80.2 Å². The van der Waals surface area contributed by atoms with Gasteiger partial charge in [-0.1, -0.05) is 349 Å². The Kier molecular flexibility index (Phi) is 67.7. The van der Waals surface area contributed by atoms with Crippen molar-refractivity contribution in [3.63, 3.8) is 0 Å². The van der Waals surface area contributed by atoms with Crippen LogP contribution in [0.5, 0.6) is 0 Å². The molecule has 0 radical (unpaired) electrons. The predicted molar refractivity (Wildman–Crippen MR) is 386 cm³/mol. The first kappa shape index (κ1) is 93.1. The molecule has 2 unspecified atom stereocenters. The number of phosphoric ester groups is 2. The van der Waals surface area contributed by atoms with Gasteiger partial charge in [-0.05, 0) is 31.6 Å². The molecular weight excluding hydrogens is 1250 g/mol. The molecule has 0 spiro atoms. The van der Waals surface area contributed by atoms with Crippen LogP contribution in [-0.2, 0) is 65.4 Å². The molecule has 0 fully saturated rings. The van der Waals surface area contributed by atoms with Gasteiger partial charge in [-0.25, -0.2) is 9.13 Å². The third-order valence-electron chi connectivity index (χ3n) is 17.8. The Balaban J connectivity index is 5.26. The monoisotopic (exact) mass is 1400 g/mol. The Hall–Kier alpha value is -1.94. The summed E-state index contributed by atoms with van der Waals surface area (Å²) in [5, 5.41) is 10.6. The molecule has 564 valence electrons. The Morgan fingerprint density at radius 2 is 0.484 bits per heavy atom. The highest BCUT2D eigenvalue weighted by Crippen LogP contribution is 2.45. The van der Waals surface area contributed by atoms with Crippen LogP contribution in [0, 0.1) is 5.92 Å². The Bertz CT molecular complexity index is 1820. The molecule has 0 aliphatic carbocycles. The van der Waals surface area contributed by atoms with Gasteiger partial charge in [0.2, 0.25) is 0 Å². The molecule has 3 N–H and O–H groups in total. The smallest absolute Gasteiger partial charge is 0.462 e. The SMILES string of the molecule is CCCCCCCCCCCCCCCCCCC(=O)O[C@H](COC(=O)CCCCCCCCCCCCCCCC)COP(=O)(O)OC[C@@H](O)COP(=O)(O)OC[C@@H](COC(=O)CCCCCCCCCCCC(C)C)OC(=O)CCCCCCCCCCCCCCC. The van der Waals surface area contributed by atoms with Crippen molar-refractivity contribution in [1.82, 2.24) is 0 Å². The fourth-order valence-corrected chi connectivity index (χ4v) is 13.3. The highest BCUT2D eigenvalue weighted by molar-refractivity contribution is 7.47. The maximum absolute atomic E-state index is 13.1. The molecule has 0 aliphatic heterocycles. The first-order valence-electron chi connectivity index (χ1n) is 39.6. The lowest BCUT2D eigenvalue weighted by Gasteiger charge is -2.21. The standard InChI is InChI=1S/C76H148O17P2/c1-6-9-12-15-18-21-24-27-29-30-33-36-41-47-52-57-62-76(81)92-71(65-86-73(78)59-54-49-44-39-34-32-28-25-22-19-16-13-10-7-2)67-90-94(82,83)88-63-70(77)64-89-95(84,85)91-68-72(66-87-74(79)60-55-50-45-42-37-38-43-48-53-58-69(4)5)93-75(80)61-56-51-46-40-35-31-26-23-20-17-14-11-8-3/h69-72,77H,6-68H2,1-5H3,(H,82,83)(H,84,85)/t70-,71-,72-/m1/s1. The predicted octanol–water partition coefficient (Wildman–Crippen LogP) is 22.5. The lowest BCUT2D eigenvalue weighted by molar-refractivity contribution is -0.161. The lowest BCUT2D eigenvalue weighted by atomic mass is 10.0. The van der Waals surface area contributed by atoms with Crippen molar-refractivity contribution in [2.75, 3.05) is 39.6 Å². The molecule has 0 bridgehead atoms. The van der Waals surface area contributed by atoms with Gasteiger partial charge in [0, 0.05) is 25.7 Å². The fourth-order valence-electron chi connectivity index (χ4n) is 11.7. The van der Waals surface area contributed by atoms with E-state index in [2.05, 4.69) is 34.6 Å². The number of hydrogen-bond donors (Lipinski definition) is 3. The average molecular weight is 1400 g/mol. The normalized spacial score (nSPS) is 13.9. The van der Waals surface area contributed by atoms with Crippen LogP contribution in [0.4, 0.5) is 0 Å². The molecule has 0 aromatic rings. The van der Waals surface area contributed by atoms with E-state index in [-0.39, 0.29) is 25.7 Å². The van der Waals surface area contributed by atoms with E-state index in [4.69, 9.17) is 37.0 Å². The van der Waals surface area contributed by atoms with E-state index in [0.29, 0.717) is 25.7 Å². The number of ether oxygens (including phenoxy) is 4. The summed E-state index contributed by atoms with van der Waals surface area (Å²) in [4.78, 5) is 72.8. The second kappa shape index (κ2) is 69.2. The van der Waals surface area contributed by atoms with E-state index in [1.54, 1.807) is 0 Å². The van der Waals surface area contributed by atoms with Gasteiger partial charge in [0.1, 0.15) is 19.3 Å². The molecule has 0 saturated heterocycles. The third-order valence-corrected chi connectivity index (χ3v) is 19.7. The molecule has 95 heavy (non-hydrogen) atoms. The minimum Gasteiger partial charge on any atom is -0.462 e. The molecular formula is C76H148O17P2. The van der Waals surface area contributed by atoms with Gasteiger partial charge >= 0.3 is 39.5 Å². The third kappa shape index (κ3) is 70.3. The van der Waals surface area contributed by atoms with E-state index < -0.39 is 97.5 Å². The topological polar surface area (TPSA) is 237 Å². The van der Waals surface area contributed by atoms with E-state index in [1.807, 2.05) is 0 Å². The minimum atomic E-state index is -4.96. The first-order chi connectivity index (χ1) is 46.0. The minimum absolute atomic E-state index is 0.108. The van der Waals surface area contributed by atoms with Gasteiger partial charge in [0.05, 0.1) is 26.4 Å². The number of unbranched alkanes of at least 4 members (excludes halogenated alkanes) is 48. The maximum Gasteiger partial charge on any atom is 0.472 e. The van der Waals surface area contributed by atoms with Crippen LogP contribution in [-0.4, -0.2) is 96.7 Å². The highest BCUT2D eigenvalue weighted by atomic mass is 31.2. The highest BCUT2D eigenvalue weighted by Gasteiger charge is 2.30. The van der Waals surface area contributed by atoms with E-state index in [0.717, 1.165) is 95.8 Å². The molecule has 0 amide bonds. The van der Waals surface area contributed by atoms with Crippen molar-refractivity contribution in [2.24, 2.45) is 5.92 Å². The van der Waals surface area contributed by atoms with Crippen LogP contribution < -0.4 is 0 Å². The van der Waals surface area contributed by atoms with Crippen LogP contribution in [0.1, 0.15) is 401 Å². The Morgan fingerprint density at radius 1 is 0.284 bits per heavy atom. The molecule has 5 atom stereocenters. The number of phosphoric acid groups is 2. The largest absolute Gasteiger partial charge is 0.472 e. The summed E-state index contributed by atoms with van der Waals surface area (Å²) in [6.07, 6.45) is 58.1. The number of carbonyl (C=O) groups excluding carboxylic acids is 4. The number of hydrogen-bond acceptors (Lipinski definition) is 15. The van der Waals surface area contributed by atoms with Crippen LogP contribution >= 0.6 is 15.6 Å². The molecule has 0 aliphatic rings. The Morgan fingerprint density at radius 3 is 0.716 bits per heavy atom. The molecule has 0 heterocycles. The summed E-state index contributed by atoms with van der Waals surface area (Å²) in [5.74, 6) is -1.37. The van der Waals surface area contributed by atoms with Crippen LogP contribution in [0.2, 0.25) is 0 Å². The maximum atomic E-state index is 13.1. The second-order valence-electron chi connectivity index (χ2n) is 27.9. The zero-order chi connectivity index (χ0) is 69.8. The average Bonchev–Trinajstić information content (AvgIpc) is 2.03. The summed E-state index contributed by atoms with van der Waals surface area (Å²) in [6.45, 7) is 7.29. The molecule has 0 aromatic heterocycles. The van der Waals surface area contributed by atoms with E-state index in [9.17, 15) is 43.2 Å². The van der Waals surface area contributed by atoms with Crippen LogP contribution in [0.3, 0.4) is 0 Å². The number of aliphatic hydroxyl groups is 1. The molecule has 0 rings (SSSR count). The number of aliphatic hydroxyl groups excluding tert-OH is 1. The summed E-state index contributed by atoms with van der Waals surface area (Å²) in [5.41, 5.74) is 0. The van der Waals surface area contributed by atoms with Gasteiger partial charge in [-0.15, -0.1) is 0 Å². The van der Waals surface area contributed by atoms with Gasteiger partial charge in [0.25, 0.3) is 0 Å². The fraction of sp³-hybridized carbons (Fsp3) is 0.947.